The van der Waals surface area contributed by atoms with E-state index in [2.05, 4.69) is 4.98 Å². The zero-order chi connectivity index (χ0) is 19.5. The maximum absolute atomic E-state index is 12.9. The van der Waals surface area contributed by atoms with Gasteiger partial charge in [-0.25, -0.2) is 0 Å². The van der Waals surface area contributed by atoms with Crippen LogP contribution in [0, 0.1) is 0 Å². The van der Waals surface area contributed by atoms with Gasteiger partial charge in [-0.2, -0.15) is 0 Å². The van der Waals surface area contributed by atoms with Crippen molar-refractivity contribution in [2.75, 3.05) is 33.3 Å². The van der Waals surface area contributed by atoms with E-state index in [0.29, 0.717) is 31.7 Å². The molecule has 1 aromatic heterocycles. The summed E-state index contributed by atoms with van der Waals surface area (Å²) in [4.78, 5) is 21.0. The van der Waals surface area contributed by atoms with Crippen LogP contribution >= 0.6 is 0 Å². The fourth-order valence-electron chi connectivity index (χ4n) is 3.55. The summed E-state index contributed by atoms with van der Waals surface area (Å²) in [5.41, 5.74) is 2.37. The molecule has 0 saturated carbocycles. The highest BCUT2D eigenvalue weighted by atomic mass is 16.5. The Kier molecular flexibility index (Phi) is 5.23. The molecule has 1 amide bonds. The van der Waals surface area contributed by atoms with Gasteiger partial charge < -0.3 is 14.7 Å². The van der Waals surface area contributed by atoms with Crippen LogP contribution < -0.4 is 4.74 Å². The molecule has 6 nitrogen and oxygen atoms in total. The Morgan fingerprint density at radius 2 is 1.82 bits per heavy atom. The normalized spacial score (nSPS) is 16.1. The molecule has 1 aliphatic rings. The number of fused-ring (bicyclic) bond motifs is 1. The second-order valence-electron chi connectivity index (χ2n) is 6.89. The first-order chi connectivity index (χ1) is 13.7. The molecule has 1 N–H and O–H groups in total. The quantitative estimate of drug-likeness (QED) is 0.757. The van der Waals surface area contributed by atoms with E-state index in [-0.39, 0.29) is 5.91 Å². The number of piperazine rings is 1. The minimum absolute atomic E-state index is 0.0179. The van der Waals surface area contributed by atoms with Crippen LogP contribution in [0.2, 0.25) is 0 Å². The minimum atomic E-state index is -0.685. The number of ether oxygens (including phenoxy) is 1. The van der Waals surface area contributed by atoms with Crippen LogP contribution in [0.25, 0.3) is 10.9 Å². The summed E-state index contributed by atoms with van der Waals surface area (Å²) in [6, 6.07) is 16.8. The van der Waals surface area contributed by atoms with Crippen LogP contribution in [-0.4, -0.2) is 59.1 Å². The molecule has 1 fully saturated rings. The van der Waals surface area contributed by atoms with Gasteiger partial charge in [0.05, 0.1) is 12.6 Å². The van der Waals surface area contributed by atoms with Crippen molar-refractivity contribution >= 4 is 16.8 Å². The van der Waals surface area contributed by atoms with E-state index in [1.807, 2.05) is 64.4 Å². The van der Waals surface area contributed by atoms with Crippen LogP contribution in [0.5, 0.6) is 5.75 Å². The van der Waals surface area contributed by atoms with Crippen molar-refractivity contribution in [3.8, 4) is 5.75 Å². The van der Waals surface area contributed by atoms with Gasteiger partial charge >= 0.3 is 0 Å². The van der Waals surface area contributed by atoms with Crippen molar-refractivity contribution < 1.29 is 14.6 Å². The third-order valence-corrected chi connectivity index (χ3v) is 5.21. The summed E-state index contributed by atoms with van der Waals surface area (Å²) >= 11 is 0. The van der Waals surface area contributed by atoms with Gasteiger partial charge in [-0.1, -0.05) is 18.2 Å². The third kappa shape index (κ3) is 3.69. The summed E-state index contributed by atoms with van der Waals surface area (Å²) in [5.74, 6) is 0.779. The number of aromatic nitrogens is 1. The number of methoxy groups -OCH3 is 1. The van der Waals surface area contributed by atoms with E-state index in [1.54, 1.807) is 13.3 Å². The zero-order valence-electron chi connectivity index (χ0n) is 15.8. The van der Waals surface area contributed by atoms with E-state index in [4.69, 9.17) is 4.74 Å². The molecule has 4 rings (SSSR count). The smallest absolute Gasteiger partial charge is 0.253 e. The summed E-state index contributed by atoms with van der Waals surface area (Å²) < 4.78 is 5.16. The number of carbonyl (C=O) groups excluding carboxylic acids is 1. The van der Waals surface area contributed by atoms with E-state index in [0.717, 1.165) is 22.2 Å². The Bertz CT molecular complexity index is 966. The van der Waals surface area contributed by atoms with E-state index in [1.165, 1.54) is 0 Å². The molecule has 1 saturated heterocycles. The fourth-order valence-corrected chi connectivity index (χ4v) is 3.55. The van der Waals surface area contributed by atoms with Gasteiger partial charge in [-0.3, -0.25) is 14.7 Å². The fraction of sp³-hybridized carbons (Fsp3) is 0.273. The molecule has 1 atom stereocenters. The summed E-state index contributed by atoms with van der Waals surface area (Å²) in [6.45, 7) is 2.40. The number of rotatable bonds is 4. The lowest BCUT2D eigenvalue weighted by atomic mass is 10.1. The number of aliphatic hydroxyl groups is 1. The van der Waals surface area contributed by atoms with Crippen molar-refractivity contribution in [2.24, 2.45) is 0 Å². The number of aliphatic hydroxyl groups excluding tert-OH is 1. The summed E-state index contributed by atoms with van der Waals surface area (Å²) in [6.07, 6.45) is 1.06. The first kappa shape index (κ1) is 18.4. The Hall–Kier alpha value is -2.96. The Labute approximate surface area is 164 Å². The second-order valence-corrected chi connectivity index (χ2v) is 6.89. The third-order valence-electron chi connectivity index (χ3n) is 5.21. The summed E-state index contributed by atoms with van der Waals surface area (Å²) in [5, 5.41) is 11.6. The molecule has 0 aliphatic carbocycles. The van der Waals surface area contributed by atoms with E-state index >= 15 is 0 Å². The Morgan fingerprint density at radius 1 is 1.07 bits per heavy atom. The molecule has 1 aliphatic heterocycles. The minimum Gasteiger partial charge on any atom is -0.497 e. The van der Waals surface area contributed by atoms with Crippen LogP contribution in [0.3, 0.4) is 0 Å². The van der Waals surface area contributed by atoms with Crippen LogP contribution in [0.1, 0.15) is 22.1 Å². The van der Waals surface area contributed by atoms with Crippen LogP contribution in [-0.2, 0) is 0 Å². The predicted octanol–water partition coefficient (Wildman–Crippen LogP) is 2.69. The van der Waals surface area contributed by atoms with Gasteiger partial charge in [0.25, 0.3) is 5.91 Å². The lowest BCUT2D eigenvalue weighted by Gasteiger charge is -2.37. The van der Waals surface area contributed by atoms with Gasteiger partial charge in [-0.05, 0) is 42.0 Å². The average Bonchev–Trinajstić information content (AvgIpc) is 2.78. The lowest BCUT2D eigenvalue weighted by Crippen LogP contribution is -2.49. The Morgan fingerprint density at radius 3 is 2.54 bits per heavy atom. The number of pyridine rings is 1. The van der Waals surface area contributed by atoms with Crippen molar-refractivity contribution in [3.05, 3.63) is 71.9 Å². The predicted molar refractivity (Wildman–Crippen MR) is 107 cm³/mol. The molecule has 144 valence electrons. The maximum Gasteiger partial charge on any atom is 0.253 e. The molecule has 0 spiro atoms. The molecule has 6 heteroatoms. The lowest BCUT2D eigenvalue weighted by molar-refractivity contribution is -0.0240. The highest BCUT2D eigenvalue weighted by molar-refractivity contribution is 5.98. The molecule has 0 bridgehead atoms. The number of hydrogen-bond acceptors (Lipinski definition) is 5. The molecule has 28 heavy (non-hydrogen) atoms. The molecule has 3 aromatic rings. The first-order valence-electron chi connectivity index (χ1n) is 9.36. The molecular formula is C22H23N3O3. The maximum atomic E-state index is 12.9. The van der Waals surface area contributed by atoms with Crippen LogP contribution in [0.4, 0.5) is 0 Å². The number of amides is 1. The Balaban J connectivity index is 1.40. The van der Waals surface area contributed by atoms with Gasteiger partial charge in [0.15, 0.2) is 0 Å². The molecule has 2 heterocycles. The number of carbonyl (C=O) groups is 1. The first-order valence-corrected chi connectivity index (χ1v) is 9.36. The molecule has 0 radical (unpaired) electrons. The zero-order valence-corrected chi connectivity index (χ0v) is 15.8. The van der Waals surface area contributed by atoms with Gasteiger partial charge in [0, 0.05) is 43.3 Å². The van der Waals surface area contributed by atoms with Gasteiger partial charge in [-0.15, -0.1) is 0 Å². The highest BCUT2D eigenvalue weighted by Gasteiger charge is 2.26. The van der Waals surface area contributed by atoms with E-state index in [9.17, 15) is 9.90 Å². The van der Waals surface area contributed by atoms with Crippen molar-refractivity contribution in [1.29, 1.82) is 0 Å². The van der Waals surface area contributed by atoms with Crippen molar-refractivity contribution in [2.45, 2.75) is 6.23 Å². The number of nitrogens with zero attached hydrogens (tertiary/aromatic N) is 3. The number of benzene rings is 2. The summed E-state index contributed by atoms with van der Waals surface area (Å²) in [7, 11) is 1.62. The average molecular weight is 377 g/mol. The van der Waals surface area contributed by atoms with E-state index < -0.39 is 6.23 Å². The number of hydrogen-bond donors (Lipinski definition) is 1. The molecule has 1 unspecified atom stereocenters. The molecule has 2 aromatic carbocycles. The topological polar surface area (TPSA) is 65.9 Å². The monoisotopic (exact) mass is 377 g/mol. The molecular weight excluding hydrogens is 354 g/mol. The standard InChI is InChI=1S/C22H23N3O3/c1-28-19-7-4-16(5-8-19)21(26)24-11-13-25(14-12-24)22(27)18-6-9-20-17(15-18)3-2-10-23-20/h2-10,15,21,26H,11-14H2,1H3. The van der Waals surface area contributed by atoms with Gasteiger partial charge in [0.1, 0.15) is 12.0 Å². The van der Waals surface area contributed by atoms with Crippen LogP contribution in [0.15, 0.2) is 60.8 Å². The van der Waals surface area contributed by atoms with Crippen molar-refractivity contribution in [3.63, 3.8) is 0 Å². The SMILES string of the molecule is COc1ccc(C(O)N2CCN(C(=O)c3ccc4ncccc4c3)CC2)cc1. The van der Waals surface area contributed by atoms with Crippen molar-refractivity contribution in [1.82, 2.24) is 14.8 Å². The second kappa shape index (κ2) is 7.96. The highest BCUT2D eigenvalue weighted by Crippen LogP contribution is 2.23. The van der Waals surface area contributed by atoms with Gasteiger partial charge in [0.2, 0.25) is 0 Å². The largest absolute Gasteiger partial charge is 0.497 e.